The number of hydrogen-bond acceptors (Lipinski definition) is 4. The zero-order valence-electron chi connectivity index (χ0n) is 16.2. The number of benzene rings is 2. The molecule has 0 fully saturated rings. The molecule has 2 aromatic carbocycles. The lowest BCUT2D eigenvalue weighted by Gasteiger charge is -2.37. The van der Waals surface area contributed by atoms with E-state index in [0.29, 0.717) is 32.3 Å². The molecule has 3 N–H and O–H groups in total. The SMILES string of the molecule is COCC1(CN=C(N)NC2CCOc3ccccc32)OCCc2ccccc21. The van der Waals surface area contributed by atoms with Gasteiger partial charge >= 0.3 is 0 Å². The first-order valence-electron chi connectivity index (χ1n) is 9.71. The quantitative estimate of drug-likeness (QED) is 0.615. The number of ether oxygens (including phenoxy) is 3. The van der Waals surface area contributed by atoms with Crippen molar-refractivity contribution >= 4 is 5.96 Å². The first-order valence-corrected chi connectivity index (χ1v) is 9.71. The van der Waals surface area contributed by atoms with Crippen LogP contribution in [0.15, 0.2) is 53.5 Å². The second-order valence-electron chi connectivity index (χ2n) is 7.26. The van der Waals surface area contributed by atoms with E-state index in [2.05, 4.69) is 34.6 Å². The fraction of sp³-hybridized carbons (Fsp3) is 0.409. The molecular formula is C22H27N3O3. The summed E-state index contributed by atoms with van der Waals surface area (Å²) < 4.78 is 17.4. The van der Waals surface area contributed by atoms with Gasteiger partial charge in [0, 0.05) is 19.1 Å². The molecular weight excluding hydrogens is 354 g/mol. The third-order valence-electron chi connectivity index (χ3n) is 5.42. The summed E-state index contributed by atoms with van der Waals surface area (Å²) in [5.41, 5.74) is 9.18. The third kappa shape index (κ3) is 3.70. The molecule has 148 valence electrons. The van der Waals surface area contributed by atoms with Crippen molar-refractivity contribution in [1.82, 2.24) is 5.32 Å². The molecule has 6 nitrogen and oxygen atoms in total. The van der Waals surface area contributed by atoms with Gasteiger partial charge in [-0.05, 0) is 23.6 Å². The fourth-order valence-electron chi connectivity index (χ4n) is 4.07. The zero-order chi connectivity index (χ0) is 19.4. The number of nitrogens with zero attached hydrogens (tertiary/aromatic N) is 1. The number of aliphatic imine (C=N–C) groups is 1. The maximum absolute atomic E-state index is 6.26. The summed E-state index contributed by atoms with van der Waals surface area (Å²) in [5, 5.41) is 3.35. The van der Waals surface area contributed by atoms with Gasteiger partial charge in [0.15, 0.2) is 5.96 Å². The molecule has 6 heteroatoms. The smallest absolute Gasteiger partial charge is 0.189 e. The van der Waals surface area contributed by atoms with Crippen molar-refractivity contribution in [2.24, 2.45) is 10.7 Å². The first kappa shape index (κ1) is 18.8. The molecule has 2 aliphatic heterocycles. The summed E-state index contributed by atoms with van der Waals surface area (Å²) >= 11 is 0. The van der Waals surface area contributed by atoms with E-state index in [1.807, 2.05) is 24.3 Å². The molecule has 28 heavy (non-hydrogen) atoms. The maximum atomic E-state index is 6.26. The molecule has 0 spiro atoms. The van der Waals surface area contributed by atoms with Crippen LogP contribution in [-0.4, -0.2) is 39.4 Å². The minimum atomic E-state index is -0.608. The van der Waals surface area contributed by atoms with Crippen LogP contribution in [0.3, 0.4) is 0 Å². The van der Waals surface area contributed by atoms with E-state index >= 15 is 0 Å². The third-order valence-corrected chi connectivity index (χ3v) is 5.42. The average molecular weight is 381 g/mol. The van der Waals surface area contributed by atoms with Crippen molar-refractivity contribution < 1.29 is 14.2 Å². The van der Waals surface area contributed by atoms with Gasteiger partial charge in [0.1, 0.15) is 11.4 Å². The molecule has 0 aliphatic carbocycles. The van der Waals surface area contributed by atoms with Crippen molar-refractivity contribution in [3.63, 3.8) is 0 Å². The number of para-hydroxylation sites is 1. The van der Waals surface area contributed by atoms with Gasteiger partial charge in [-0.15, -0.1) is 0 Å². The average Bonchev–Trinajstić information content (AvgIpc) is 2.73. The summed E-state index contributed by atoms with van der Waals surface area (Å²) in [6, 6.07) is 16.5. The highest BCUT2D eigenvalue weighted by atomic mass is 16.5. The summed E-state index contributed by atoms with van der Waals surface area (Å²) in [6.07, 6.45) is 1.74. The molecule has 2 aromatic rings. The second kappa shape index (κ2) is 8.20. The van der Waals surface area contributed by atoms with Gasteiger partial charge in [0.25, 0.3) is 0 Å². The summed E-state index contributed by atoms with van der Waals surface area (Å²) in [5.74, 6) is 1.31. The van der Waals surface area contributed by atoms with Crippen molar-refractivity contribution in [3.05, 3.63) is 65.2 Å². The lowest BCUT2D eigenvalue weighted by molar-refractivity contribution is -0.0960. The Balaban J connectivity index is 1.53. The Morgan fingerprint density at radius 1 is 1.21 bits per heavy atom. The van der Waals surface area contributed by atoms with Gasteiger partial charge in [-0.25, -0.2) is 4.99 Å². The summed E-state index contributed by atoms with van der Waals surface area (Å²) in [6.45, 7) is 2.14. The van der Waals surface area contributed by atoms with Crippen LogP contribution in [0.4, 0.5) is 0 Å². The van der Waals surface area contributed by atoms with Gasteiger partial charge in [0.2, 0.25) is 0 Å². The van der Waals surface area contributed by atoms with Gasteiger partial charge in [0.05, 0.1) is 32.4 Å². The van der Waals surface area contributed by atoms with Crippen LogP contribution in [0.25, 0.3) is 0 Å². The predicted molar refractivity (Wildman–Crippen MR) is 109 cm³/mol. The highest BCUT2D eigenvalue weighted by Crippen LogP contribution is 2.34. The van der Waals surface area contributed by atoms with E-state index in [-0.39, 0.29) is 6.04 Å². The predicted octanol–water partition coefficient (Wildman–Crippen LogP) is 2.53. The van der Waals surface area contributed by atoms with E-state index in [0.717, 1.165) is 29.7 Å². The lowest BCUT2D eigenvalue weighted by atomic mass is 9.86. The monoisotopic (exact) mass is 381 g/mol. The number of hydrogen-bond donors (Lipinski definition) is 2. The first-order chi connectivity index (χ1) is 13.7. The standard InChI is InChI=1S/C22H27N3O3/c1-26-15-22(18-8-4-2-6-16(18)10-13-28-22)14-24-21(23)25-19-11-12-27-20-9-5-3-7-17(19)20/h2-9,19H,10-15H2,1H3,(H3,23,24,25). The number of methoxy groups -OCH3 is 1. The number of guanidine groups is 1. The molecule has 0 radical (unpaired) electrons. The van der Waals surface area contributed by atoms with Crippen molar-refractivity contribution in [3.8, 4) is 5.75 Å². The normalized spacial score (nSPS) is 24.0. The second-order valence-corrected chi connectivity index (χ2v) is 7.26. The molecule has 0 amide bonds. The number of nitrogens with two attached hydrogens (primary N) is 1. The minimum Gasteiger partial charge on any atom is -0.493 e. The topological polar surface area (TPSA) is 78.1 Å². The Hall–Kier alpha value is -2.57. The van der Waals surface area contributed by atoms with E-state index in [9.17, 15) is 0 Å². The van der Waals surface area contributed by atoms with Crippen LogP contribution >= 0.6 is 0 Å². The molecule has 0 aromatic heterocycles. The number of nitrogens with one attached hydrogen (secondary N) is 1. The molecule has 0 saturated carbocycles. The van der Waals surface area contributed by atoms with Crippen LogP contribution in [0.2, 0.25) is 0 Å². The molecule has 2 unspecified atom stereocenters. The Labute approximate surface area is 165 Å². The van der Waals surface area contributed by atoms with Gasteiger partial charge in [-0.2, -0.15) is 0 Å². The highest BCUT2D eigenvalue weighted by molar-refractivity contribution is 5.78. The van der Waals surface area contributed by atoms with Crippen molar-refractivity contribution in [2.75, 3.05) is 33.5 Å². The maximum Gasteiger partial charge on any atom is 0.189 e. The van der Waals surface area contributed by atoms with Gasteiger partial charge in [-0.3, -0.25) is 0 Å². The van der Waals surface area contributed by atoms with Crippen LogP contribution < -0.4 is 15.8 Å². The molecule has 4 rings (SSSR count). The Kier molecular flexibility index (Phi) is 5.50. The summed E-state index contributed by atoms with van der Waals surface area (Å²) in [4.78, 5) is 4.64. The minimum absolute atomic E-state index is 0.0895. The van der Waals surface area contributed by atoms with Crippen LogP contribution in [0, 0.1) is 0 Å². The molecule has 0 saturated heterocycles. The van der Waals surface area contributed by atoms with Crippen molar-refractivity contribution in [2.45, 2.75) is 24.5 Å². The Bertz CT molecular complexity index is 854. The molecule has 2 aliphatic rings. The lowest BCUT2D eigenvalue weighted by Crippen LogP contribution is -2.44. The highest BCUT2D eigenvalue weighted by Gasteiger charge is 2.38. The number of rotatable bonds is 5. The largest absolute Gasteiger partial charge is 0.493 e. The fourth-order valence-corrected chi connectivity index (χ4v) is 4.07. The van der Waals surface area contributed by atoms with Crippen LogP contribution in [-0.2, 0) is 21.5 Å². The van der Waals surface area contributed by atoms with E-state index in [1.54, 1.807) is 7.11 Å². The molecule has 2 heterocycles. The molecule has 2 atom stereocenters. The van der Waals surface area contributed by atoms with E-state index in [1.165, 1.54) is 5.56 Å². The van der Waals surface area contributed by atoms with Crippen molar-refractivity contribution in [1.29, 1.82) is 0 Å². The summed E-state index contributed by atoms with van der Waals surface area (Å²) in [7, 11) is 1.69. The van der Waals surface area contributed by atoms with Gasteiger partial charge in [-0.1, -0.05) is 42.5 Å². The Morgan fingerprint density at radius 2 is 2.04 bits per heavy atom. The molecule has 0 bridgehead atoms. The zero-order valence-corrected chi connectivity index (χ0v) is 16.2. The van der Waals surface area contributed by atoms with E-state index < -0.39 is 5.60 Å². The van der Waals surface area contributed by atoms with E-state index in [4.69, 9.17) is 19.9 Å². The van der Waals surface area contributed by atoms with Crippen LogP contribution in [0.5, 0.6) is 5.75 Å². The van der Waals surface area contributed by atoms with Crippen LogP contribution in [0.1, 0.15) is 29.2 Å². The van der Waals surface area contributed by atoms with Gasteiger partial charge < -0.3 is 25.3 Å². The Morgan fingerprint density at radius 3 is 2.93 bits per heavy atom. The number of fused-ring (bicyclic) bond motifs is 2.